The average molecular weight is 602 g/mol. The number of carbonyl (C=O) groups excluding carboxylic acids is 3. The summed E-state index contributed by atoms with van der Waals surface area (Å²) < 4.78 is 5.30. The van der Waals surface area contributed by atoms with Gasteiger partial charge in [0.05, 0.1) is 12.4 Å². The second-order valence-electron chi connectivity index (χ2n) is 9.94. The van der Waals surface area contributed by atoms with Crippen LogP contribution in [0.1, 0.15) is 22.8 Å². The Balaban J connectivity index is 1.24. The van der Waals surface area contributed by atoms with E-state index in [9.17, 15) is 14.4 Å². The van der Waals surface area contributed by atoms with Gasteiger partial charge >= 0.3 is 0 Å². The lowest BCUT2D eigenvalue weighted by Gasteiger charge is -2.14. The highest BCUT2D eigenvalue weighted by Gasteiger charge is 2.17. The summed E-state index contributed by atoms with van der Waals surface area (Å²) in [6, 6.07) is 36.9. The molecule has 5 rings (SSSR count). The molecular formula is C36H31N3O4S. The maximum atomic E-state index is 13.4. The molecule has 0 aromatic heterocycles. The number of benzene rings is 5. The zero-order valence-corrected chi connectivity index (χ0v) is 25.1. The highest BCUT2D eigenvalue weighted by molar-refractivity contribution is 8.00. The monoisotopic (exact) mass is 601 g/mol. The van der Waals surface area contributed by atoms with Crippen LogP contribution in [0.3, 0.4) is 0 Å². The number of nitrogens with one attached hydrogen (secondary N) is 3. The number of hydrogen-bond donors (Lipinski definition) is 3. The van der Waals surface area contributed by atoms with E-state index in [1.807, 2.05) is 73.7 Å². The number of thioether (sulfide) groups is 1. The first-order valence-corrected chi connectivity index (χ1v) is 14.9. The van der Waals surface area contributed by atoms with Gasteiger partial charge in [-0.1, -0.05) is 60.7 Å². The minimum Gasteiger partial charge on any atom is -0.497 e. The SMILES string of the molecule is COc1cccc(/C=C(\NC(=O)c2ccccc2)C(=O)Nc2ccc(SC(C)C(=O)Nc3ccc4ccccc4c3)cc2)c1. The molecule has 0 spiro atoms. The normalized spacial score (nSPS) is 11.8. The van der Waals surface area contributed by atoms with Gasteiger partial charge in [-0.3, -0.25) is 14.4 Å². The van der Waals surface area contributed by atoms with E-state index >= 15 is 0 Å². The van der Waals surface area contributed by atoms with Crippen LogP contribution in [0.5, 0.6) is 5.75 Å². The number of hydrogen-bond acceptors (Lipinski definition) is 5. The van der Waals surface area contributed by atoms with Gasteiger partial charge in [0.2, 0.25) is 5.91 Å². The topological polar surface area (TPSA) is 96.5 Å². The maximum Gasteiger partial charge on any atom is 0.272 e. The molecule has 5 aromatic carbocycles. The Kier molecular flexibility index (Phi) is 9.74. The number of fused-ring (bicyclic) bond motifs is 1. The highest BCUT2D eigenvalue weighted by atomic mass is 32.2. The summed E-state index contributed by atoms with van der Waals surface area (Å²) in [5, 5.41) is 10.4. The van der Waals surface area contributed by atoms with Gasteiger partial charge in [0.15, 0.2) is 0 Å². The van der Waals surface area contributed by atoms with Crippen LogP contribution in [-0.4, -0.2) is 30.1 Å². The Morgan fingerprint density at radius 2 is 1.43 bits per heavy atom. The van der Waals surface area contributed by atoms with Gasteiger partial charge in [-0.2, -0.15) is 0 Å². The molecule has 0 aliphatic rings. The highest BCUT2D eigenvalue weighted by Crippen LogP contribution is 2.27. The number of amides is 3. The summed E-state index contributed by atoms with van der Waals surface area (Å²) in [4.78, 5) is 40.0. The second-order valence-corrected chi connectivity index (χ2v) is 11.4. The van der Waals surface area contributed by atoms with Crippen molar-refractivity contribution < 1.29 is 19.1 Å². The Hall–Kier alpha value is -5.34. The third kappa shape index (κ3) is 7.93. The van der Waals surface area contributed by atoms with Crippen LogP contribution in [-0.2, 0) is 9.59 Å². The third-order valence-corrected chi connectivity index (χ3v) is 7.86. The molecule has 220 valence electrons. The molecule has 0 fully saturated rings. The van der Waals surface area contributed by atoms with Gasteiger partial charge in [0.25, 0.3) is 11.8 Å². The van der Waals surface area contributed by atoms with E-state index < -0.39 is 11.8 Å². The van der Waals surface area contributed by atoms with Gasteiger partial charge in [-0.05, 0) is 90.0 Å². The molecule has 0 radical (unpaired) electrons. The average Bonchev–Trinajstić information content (AvgIpc) is 3.05. The van der Waals surface area contributed by atoms with Crippen LogP contribution in [0.15, 0.2) is 132 Å². The molecular weight excluding hydrogens is 570 g/mol. The smallest absolute Gasteiger partial charge is 0.272 e. The first-order valence-electron chi connectivity index (χ1n) is 14.0. The minimum atomic E-state index is -0.486. The minimum absolute atomic E-state index is 0.0736. The first kappa shape index (κ1) is 30.1. The van der Waals surface area contributed by atoms with E-state index in [1.165, 1.54) is 11.8 Å². The van der Waals surface area contributed by atoms with Crippen LogP contribution in [0.4, 0.5) is 11.4 Å². The molecule has 8 heteroatoms. The molecule has 44 heavy (non-hydrogen) atoms. The fourth-order valence-corrected chi connectivity index (χ4v) is 5.29. The van der Waals surface area contributed by atoms with Crippen molar-refractivity contribution >= 4 is 57.7 Å². The molecule has 0 heterocycles. The largest absolute Gasteiger partial charge is 0.497 e. The summed E-state index contributed by atoms with van der Waals surface area (Å²) in [6.07, 6.45) is 1.60. The Morgan fingerprint density at radius 3 is 2.18 bits per heavy atom. The van der Waals surface area contributed by atoms with Crippen molar-refractivity contribution in [2.24, 2.45) is 0 Å². The molecule has 1 unspecified atom stereocenters. The van der Waals surface area contributed by atoms with Gasteiger partial charge in [0, 0.05) is 21.8 Å². The molecule has 1 atom stereocenters. The zero-order valence-electron chi connectivity index (χ0n) is 24.2. The number of carbonyl (C=O) groups is 3. The van der Waals surface area contributed by atoms with Crippen molar-refractivity contribution in [2.45, 2.75) is 17.1 Å². The van der Waals surface area contributed by atoms with Crippen LogP contribution in [0, 0.1) is 0 Å². The fraction of sp³-hybridized carbons (Fsp3) is 0.0833. The zero-order chi connectivity index (χ0) is 30.9. The van der Waals surface area contributed by atoms with Gasteiger partial charge in [-0.15, -0.1) is 11.8 Å². The number of rotatable bonds is 10. The molecule has 3 N–H and O–H groups in total. The van der Waals surface area contributed by atoms with E-state index in [-0.39, 0.29) is 16.9 Å². The van der Waals surface area contributed by atoms with Crippen molar-refractivity contribution in [3.63, 3.8) is 0 Å². The Labute approximate surface area is 260 Å². The molecule has 0 bridgehead atoms. The van der Waals surface area contributed by atoms with Crippen molar-refractivity contribution in [3.8, 4) is 5.75 Å². The number of anilines is 2. The van der Waals surface area contributed by atoms with Crippen molar-refractivity contribution in [1.29, 1.82) is 0 Å². The lowest BCUT2D eigenvalue weighted by molar-refractivity contribution is -0.115. The van der Waals surface area contributed by atoms with Crippen LogP contribution < -0.4 is 20.7 Å². The number of ether oxygens (including phenoxy) is 1. The second kappa shape index (κ2) is 14.2. The fourth-order valence-electron chi connectivity index (χ4n) is 4.42. The van der Waals surface area contributed by atoms with E-state index in [4.69, 9.17) is 4.74 Å². The molecule has 0 saturated carbocycles. The molecule has 3 amide bonds. The van der Waals surface area contributed by atoms with E-state index in [2.05, 4.69) is 16.0 Å². The third-order valence-electron chi connectivity index (χ3n) is 6.74. The molecule has 5 aromatic rings. The van der Waals surface area contributed by atoms with Gasteiger partial charge < -0.3 is 20.7 Å². The maximum absolute atomic E-state index is 13.4. The lowest BCUT2D eigenvalue weighted by atomic mass is 10.1. The quantitative estimate of drug-likeness (QED) is 0.115. The van der Waals surface area contributed by atoms with Crippen molar-refractivity contribution in [3.05, 3.63) is 138 Å². The molecule has 0 aliphatic heterocycles. The van der Waals surface area contributed by atoms with Gasteiger partial charge in [-0.25, -0.2) is 0 Å². The van der Waals surface area contributed by atoms with Crippen molar-refractivity contribution in [1.82, 2.24) is 5.32 Å². The Morgan fingerprint density at radius 1 is 0.727 bits per heavy atom. The summed E-state index contributed by atoms with van der Waals surface area (Å²) >= 11 is 1.41. The molecule has 0 aliphatic carbocycles. The van der Waals surface area contributed by atoms with E-state index in [0.29, 0.717) is 22.6 Å². The van der Waals surface area contributed by atoms with E-state index in [0.717, 1.165) is 21.4 Å². The van der Waals surface area contributed by atoms with E-state index in [1.54, 1.807) is 67.8 Å². The van der Waals surface area contributed by atoms with Crippen LogP contribution in [0.25, 0.3) is 16.8 Å². The summed E-state index contributed by atoms with van der Waals surface area (Å²) in [5.41, 5.74) is 2.47. The predicted molar refractivity (Wildman–Crippen MR) is 178 cm³/mol. The van der Waals surface area contributed by atoms with Crippen molar-refractivity contribution in [2.75, 3.05) is 17.7 Å². The number of methoxy groups -OCH3 is 1. The van der Waals surface area contributed by atoms with Crippen LogP contribution >= 0.6 is 11.8 Å². The molecule has 7 nitrogen and oxygen atoms in total. The summed E-state index contributed by atoms with van der Waals surface area (Å²) in [5.74, 6) is -0.372. The van der Waals surface area contributed by atoms with Gasteiger partial charge in [0.1, 0.15) is 11.4 Å². The summed E-state index contributed by atoms with van der Waals surface area (Å²) in [7, 11) is 1.56. The standard InChI is InChI=1S/C36H31N3O4S/c1-24(34(40)38-30-16-15-26-10-6-7-13-28(26)23-30)44-32-19-17-29(18-20-32)37-36(42)33(22-25-9-8-14-31(21-25)43-2)39-35(41)27-11-4-3-5-12-27/h3-24H,1-2H3,(H,37,42)(H,38,40)(H,39,41)/b33-22-. The lowest BCUT2D eigenvalue weighted by Crippen LogP contribution is -2.30. The Bertz CT molecular complexity index is 1820. The van der Waals surface area contributed by atoms with Crippen LogP contribution in [0.2, 0.25) is 0 Å². The first-order chi connectivity index (χ1) is 21.4. The summed E-state index contributed by atoms with van der Waals surface area (Å²) in [6.45, 7) is 1.85. The molecule has 0 saturated heterocycles. The predicted octanol–water partition coefficient (Wildman–Crippen LogP) is 7.38.